The van der Waals surface area contributed by atoms with Gasteiger partial charge < -0.3 is 10.6 Å². The largest absolute Gasteiger partial charge is 0.340 e. The first-order valence-electron chi connectivity index (χ1n) is 8.91. The monoisotopic (exact) mass is 377 g/mol. The molecule has 2 aliphatic heterocycles. The van der Waals surface area contributed by atoms with Crippen LogP contribution in [-0.2, 0) is 4.79 Å². The first-order valence-corrected chi connectivity index (χ1v) is 8.91. The smallest absolute Gasteiger partial charge is 0.262 e. The zero-order chi connectivity index (χ0) is 17.9. The summed E-state index contributed by atoms with van der Waals surface area (Å²) in [4.78, 5) is 41.1. The molecular formula is C19H24ClN3O3. The number of rotatable bonds is 2. The van der Waals surface area contributed by atoms with Gasteiger partial charge in [-0.2, -0.15) is 0 Å². The molecule has 4 atom stereocenters. The first-order chi connectivity index (χ1) is 11.9. The second-order valence-electron chi connectivity index (χ2n) is 7.61. The molecule has 0 radical (unpaired) electrons. The van der Waals surface area contributed by atoms with E-state index in [1.54, 1.807) is 24.0 Å². The van der Waals surface area contributed by atoms with Crippen molar-refractivity contribution in [1.82, 2.24) is 9.80 Å². The van der Waals surface area contributed by atoms with Crippen molar-refractivity contribution in [1.29, 1.82) is 0 Å². The van der Waals surface area contributed by atoms with E-state index < -0.39 is 6.04 Å². The second kappa shape index (κ2) is 6.67. The Balaban J connectivity index is 0.00000196. The van der Waals surface area contributed by atoms with Gasteiger partial charge in [0, 0.05) is 19.1 Å². The molecule has 2 fully saturated rings. The summed E-state index contributed by atoms with van der Waals surface area (Å²) in [6.07, 6.45) is 2.07. The molecule has 0 spiro atoms. The maximum atomic E-state index is 12.9. The van der Waals surface area contributed by atoms with Gasteiger partial charge in [-0.25, -0.2) is 0 Å². The van der Waals surface area contributed by atoms with Crippen LogP contribution in [-0.4, -0.2) is 52.7 Å². The number of fused-ring (bicyclic) bond motifs is 2. The summed E-state index contributed by atoms with van der Waals surface area (Å²) in [5.41, 5.74) is 7.84. The topological polar surface area (TPSA) is 83.7 Å². The predicted octanol–water partition coefficient (Wildman–Crippen LogP) is 1.60. The molecule has 3 amide bonds. The Morgan fingerprint density at radius 1 is 1.15 bits per heavy atom. The summed E-state index contributed by atoms with van der Waals surface area (Å²) in [5, 5.41) is 0. The lowest BCUT2D eigenvalue weighted by Gasteiger charge is -2.27. The van der Waals surface area contributed by atoms with Crippen molar-refractivity contribution in [2.24, 2.45) is 17.6 Å². The summed E-state index contributed by atoms with van der Waals surface area (Å²) in [5.74, 6) is -0.109. The van der Waals surface area contributed by atoms with Crippen LogP contribution in [0.5, 0.6) is 0 Å². The molecule has 1 aromatic carbocycles. The maximum Gasteiger partial charge on any atom is 0.262 e. The number of aryl methyl sites for hydroxylation is 1. The number of halogens is 1. The van der Waals surface area contributed by atoms with Crippen molar-refractivity contribution in [3.05, 3.63) is 34.9 Å². The van der Waals surface area contributed by atoms with E-state index in [0.29, 0.717) is 36.1 Å². The van der Waals surface area contributed by atoms with Crippen molar-refractivity contribution in [3.8, 4) is 0 Å². The number of hydrogen-bond donors (Lipinski definition) is 1. The molecular weight excluding hydrogens is 354 g/mol. The minimum atomic E-state index is -0.789. The third-order valence-corrected chi connectivity index (χ3v) is 6.04. The molecule has 7 heteroatoms. The molecule has 6 nitrogen and oxygen atoms in total. The predicted molar refractivity (Wildman–Crippen MR) is 99.2 cm³/mol. The van der Waals surface area contributed by atoms with Gasteiger partial charge in [0.25, 0.3) is 11.8 Å². The second-order valence-corrected chi connectivity index (χ2v) is 7.61. The molecule has 0 aromatic heterocycles. The number of benzene rings is 1. The highest BCUT2D eigenvalue weighted by Crippen LogP contribution is 2.37. The highest BCUT2D eigenvalue weighted by atomic mass is 35.5. The number of nitrogens with zero attached hydrogens (tertiary/aromatic N) is 2. The lowest BCUT2D eigenvalue weighted by atomic mass is 9.98. The van der Waals surface area contributed by atoms with Gasteiger partial charge in [0.05, 0.1) is 11.1 Å². The molecule has 1 saturated heterocycles. The number of carbonyl (C=O) groups is 3. The lowest BCUT2D eigenvalue weighted by molar-refractivity contribution is -0.134. The summed E-state index contributed by atoms with van der Waals surface area (Å²) in [6, 6.07) is 4.55. The van der Waals surface area contributed by atoms with E-state index in [9.17, 15) is 14.4 Å². The zero-order valence-electron chi connectivity index (χ0n) is 15.0. The van der Waals surface area contributed by atoms with Crippen LogP contribution in [0.15, 0.2) is 18.2 Å². The first kappa shape index (κ1) is 18.9. The van der Waals surface area contributed by atoms with Crippen LogP contribution >= 0.6 is 12.4 Å². The minimum Gasteiger partial charge on any atom is -0.340 e. The Labute approximate surface area is 159 Å². The van der Waals surface area contributed by atoms with E-state index in [0.717, 1.165) is 23.3 Å². The van der Waals surface area contributed by atoms with Crippen LogP contribution in [0, 0.1) is 18.8 Å². The van der Waals surface area contributed by atoms with Crippen molar-refractivity contribution in [3.63, 3.8) is 0 Å². The molecule has 2 N–H and O–H groups in total. The van der Waals surface area contributed by atoms with Crippen molar-refractivity contribution >= 4 is 30.1 Å². The normalized spacial score (nSPS) is 28.0. The van der Waals surface area contributed by atoms with Crippen LogP contribution in [0.2, 0.25) is 0 Å². The molecule has 140 valence electrons. The molecule has 0 bridgehead atoms. The van der Waals surface area contributed by atoms with Crippen LogP contribution in [0.25, 0.3) is 0 Å². The summed E-state index contributed by atoms with van der Waals surface area (Å²) < 4.78 is 0. The van der Waals surface area contributed by atoms with Gasteiger partial charge in [-0.05, 0) is 50.7 Å². The van der Waals surface area contributed by atoms with Gasteiger partial charge in [0.1, 0.15) is 6.04 Å². The summed E-state index contributed by atoms with van der Waals surface area (Å²) in [7, 11) is 0. The number of carbonyl (C=O) groups excluding carboxylic acids is 3. The lowest BCUT2D eigenvalue weighted by Crippen LogP contribution is -2.49. The standard InChI is InChI=1S/C19H23N3O3.ClH/c1-10-3-5-13-14(7-10)19(25)22(18(13)24)11(2)17(23)21-8-12-4-6-16(20)15(12)9-21;/h3,5,7,11-12,15-16H,4,6,8-9,20H2,1-2H3;1H. The Morgan fingerprint density at radius 3 is 2.54 bits per heavy atom. The molecule has 2 heterocycles. The molecule has 4 unspecified atom stereocenters. The Bertz CT molecular complexity index is 781. The van der Waals surface area contributed by atoms with Gasteiger partial charge in [-0.1, -0.05) is 11.6 Å². The minimum absolute atomic E-state index is 0. The van der Waals surface area contributed by atoms with E-state index in [1.165, 1.54) is 0 Å². The molecule has 1 aliphatic carbocycles. The van der Waals surface area contributed by atoms with Gasteiger partial charge >= 0.3 is 0 Å². The van der Waals surface area contributed by atoms with Crippen LogP contribution in [0.3, 0.4) is 0 Å². The van der Waals surface area contributed by atoms with Crippen LogP contribution in [0.4, 0.5) is 0 Å². The summed E-state index contributed by atoms with van der Waals surface area (Å²) in [6.45, 7) is 4.84. The fraction of sp³-hybridized carbons (Fsp3) is 0.526. The Hall–Kier alpha value is -1.92. The molecule has 1 saturated carbocycles. The maximum absolute atomic E-state index is 12.9. The molecule has 4 rings (SSSR count). The number of hydrogen-bond acceptors (Lipinski definition) is 4. The van der Waals surface area contributed by atoms with Gasteiger partial charge in [-0.15, -0.1) is 12.4 Å². The highest BCUT2D eigenvalue weighted by molar-refractivity contribution is 6.22. The summed E-state index contributed by atoms with van der Waals surface area (Å²) >= 11 is 0. The average Bonchev–Trinajstić information content (AvgIpc) is 3.22. The number of likely N-dealkylation sites (tertiary alicyclic amines) is 1. The number of nitrogens with two attached hydrogens (primary N) is 1. The van der Waals surface area contributed by atoms with Gasteiger partial charge in [0.15, 0.2) is 0 Å². The Morgan fingerprint density at radius 2 is 1.85 bits per heavy atom. The number of imide groups is 1. The Kier molecular flexibility index (Phi) is 4.84. The molecule has 3 aliphatic rings. The fourth-order valence-corrected chi connectivity index (χ4v) is 4.59. The highest BCUT2D eigenvalue weighted by Gasteiger charge is 2.46. The fourth-order valence-electron chi connectivity index (χ4n) is 4.59. The average molecular weight is 378 g/mol. The van der Waals surface area contributed by atoms with E-state index in [4.69, 9.17) is 5.73 Å². The van der Waals surface area contributed by atoms with Gasteiger partial charge in [-0.3, -0.25) is 19.3 Å². The SMILES string of the molecule is Cc1ccc2c(c1)C(=O)N(C(C)C(=O)N1CC3CCC(N)C3C1)C2=O.Cl. The van der Waals surface area contributed by atoms with Crippen molar-refractivity contribution in [2.75, 3.05) is 13.1 Å². The molecule has 26 heavy (non-hydrogen) atoms. The van der Waals surface area contributed by atoms with Gasteiger partial charge in [0.2, 0.25) is 5.91 Å². The third-order valence-electron chi connectivity index (χ3n) is 6.04. The molecule has 1 aromatic rings. The van der Waals surface area contributed by atoms with Crippen LogP contribution in [0.1, 0.15) is 46.0 Å². The number of amides is 3. The third kappa shape index (κ3) is 2.72. The van der Waals surface area contributed by atoms with E-state index >= 15 is 0 Å². The van der Waals surface area contributed by atoms with E-state index in [1.807, 2.05) is 13.0 Å². The van der Waals surface area contributed by atoms with E-state index in [-0.39, 0.29) is 36.2 Å². The van der Waals surface area contributed by atoms with E-state index in [2.05, 4.69) is 0 Å². The van der Waals surface area contributed by atoms with Crippen molar-refractivity contribution < 1.29 is 14.4 Å². The zero-order valence-corrected chi connectivity index (χ0v) is 15.8. The van der Waals surface area contributed by atoms with Crippen molar-refractivity contribution in [2.45, 2.75) is 38.8 Å². The quantitative estimate of drug-likeness (QED) is 0.793. The van der Waals surface area contributed by atoms with Crippen LogP contribution < -0.4 is 5.73 Å².